The predicted octanol–water partition coefficient (Wildman–Crippen LogP) is 8.07. The Labute approximate surface area is 252 Å². The molecule has 43 heavy (non-hydrogen) atoms. The van der Waals surface area contributed by atoms with E-state index in [9.17, 15) is 4.79 Å². The van der Waals surface area contributed by atoms with Crippen molar-refractivity contribution >= 4 is 16.7 Å². The molecular formula is C36H36N2O5. The molecule has 0 saturated carbocycles. The highest BCUT2D eigenvalue weighted by molar-refractivity contribution is 5.92. The van der Waals surface area contributed by atoms with Gasteiger partial charge in [-0.05, 0) is 65.2 Å². The van der Waals surface area contributed by atoms with Crippen LogP contribution in [0.25, 0.3) is 22.2 Å². The summed E-state index contributed by atoms with van der Waals surface area (Å²) >= 11 is 0. The first-order chi connectivity index (χ1) is 21.2. The van der Waals surface area contributed by atoms with Crippen LogP contribution in [0.3, 0.4) is 0 Å². The van der Waals surface area contributed by atoms with Gasteiger partial charge in [-0.1, -0.05) is 74.7 Å². The van der Waals surface area contributed by atoms with E-state index in [0.29, 0.717) is 48.5 Å². The number of ether oxygens (including phenoxy) is 4. The summed E-state index contributed by atoms with van der Waals surface area (Å²) in [6.45, 7) is 4.43. The van der Waals surface area contributed by atoms with E-state index in [0.717, 1.165) is 34.9 Å². The molecule has 0 aliphatic heterocycles. The fourth-order valence-corrected chi connectivity index (χ4v) is 4.51. The maximum absolute atomic E-state index is 12.8. The zero-order valence-corrected chi connectivity index (χ0v) is 24.4. The van der Waals surface area contributed by atoms with E-state index in [2.05, 4.69) is 16.9 Å². The van der Waals surface area contributed by atoms with Gasteiger partial charge in [0.15, 0.2) is 11.6 Å². The molecule has 5 aromatic rings. The molecule has 0 atom stereocenters. The van der Waals surface area contributed by atoms with Crippen LogP contribution in [-0.4, -0.2) is 35.8 Å². The number of aromatic nitrogens is 2. The summed E-state index contributed by atoms with van der Waals surface area (Å²) < 4.78 is 22.8. The first-order valence-corrected chi connectivity index (χ1v) is 14.7. The average molecular weight is 577 g/mol. The Morgan fingerprint density at radius 2 is 1.42 bits per heavy atom. The smallest absolute Gasteiger partial charge is 0.343 e. The van der Waals surface area contributed by atoms with Gasteiger partial charge >= 0.3 is 5.97 Å². The molecule has 0 unspecified atom stereocenters. The van der Waals surface area contributed by atoms with Crippen molar-refractivity contribution in [3.8, 4) is 28.6 Å². The molecular weight excluding hydrogens is 540 g/mol. The van der Waals surface area contributed by atoms with E-state index in [-0.39, 0.29) is 0 Å². The van der Waals surface area contributed by atoms with Crippen molar-refractivity contribution in [3.05, 3.63) is 115 Å². The van der Waals surface area contributed by atoms with Crippen LogP contribution in [0.4, 0.5) is 0 Å². The van der Waals surface area contributed by atoms with E-state index in [4.69, 9.17) is 18.9 Å². The monoisotopic (exact) mass is 576 g/mol. The first-order valence-electron chi connectivity index (χ1n) is 14.7. The molecule has 1 heterocycles. The molecule has 7 nitrogen and oxygen atoms in total. The van der Waals surface area contributed by atoms with Crippen LogP contribution in [0.5, 0.6) is 17.2 Å². The number of carbonyl (C=O) groups is 1. The summed E-state index contributed by atoms with van der Waals surface area (Å²) in [6, 6.07) is 28.4. The summed E-state index contributed by atoms with van der Waals surface area (Å²) in [6.07, 6.45) is 8.11. The molecule has 0 radical (unpaired) electrons. The highest BCUT2D eigenvalue weighted by Gasteiger charge is 2.11. The summed E-state index contributed by atoms with van der Waals surface area (Å²) in [5.74, 6) is 1.94. The lowest BCUT2D eigenvalue weighted by atomic mass is 10.1. The third-order valence-electron chi connectivity index (χ3n) is 6.89. The number of unbranched alkanes of at least 4 members (excludes halogenated alkanes) is 3. The molecule has 5 rings (SSSR count). The lowest BCUT2D eigenvalue weighted by Crippen LogP contribution is -2.09. The number of hydrogen-bond acceptors (Lipinski definition) is 7. The average Bonchev–Trinajstić information content (AvgIpc) is 3.06. The predicted molar refractivity (Wildman–Crippen MR) is 168 cm³/mol. The van der Waals surface area contributed by atoms with Crippen LogP contribution >= 0.6 is 0 Å². The Bertz CT molecular complexity index is 1590. The van der Waals surface area contributed by atoms with E-state index >= 15 is 0 Å². The minimum Gasteiger partial charge on any atom is -0.491 e. The van der Waals surface area contributed by atoms with Crippen LogP contribution < -0.4 is 14.2 Å². The fourth-order valence-electron chi connectivity index (χ4n) is 4.51. The molecule has 0 aliphatic rings. The zero-order chi connectivity index (χ0) is 29.7. The Kier molecular flexibility index (Phi) is 10.7. The Morgan fingerprint density at radius 3 is 2.21 bits per heavy atom. The number of rotatable bonds is 15. The van der Waals surface area contributed by atoms with E-state index in [1.807, 2.05) is 60.7 Å². The Morgan fingerprint density at radius 1 is 0.674 bits per heavy atom. The highest BCUT2D eigenvalue weighted by Crippen LogP contribution is 2.27. The molecule has 0 bridgehead atoms. The molecule has 0 spiro atoms. The quantitative estimate of drug-likeness (QED) is 0.0708. The third kappa shape index (κ3) is 8.87. The third-order valence-corrected chi connectivity index (χ3v) is 6.89. The number of nitrogens with zero attached hydrogens (tertiary/aromatic N) is 2. The molecule has 0 aliphatic carbocycles. The van der Waals surface area contributed by atoms with Gasteiger partial charge in [0.25, 0.3) is 0 Å². The maximum Gasteiger partial charge on any atom is 0.343 e. The van der Waals surface area contributed by atoms with Gasteiger partial charge < -0.3 is 18.9 Å². The molecule has 1 aromatic heterocycles. The van der Waals surface area contributed by atoms with Crippen LogP contribution in [0, 0.1) is 0 Å². The lowest BCUT2D eigenvalue weighted by molar-refractivity contribution is 0.0734. The first kappa shape index (κ1) is 29.7. The second kappa shape index (κ2) is 15.5. The molecule has 220 valence electrons. The van der Waals surface area contributed by atoms with Crippen molar-refractivity contribution in [2.75, 3.05) is 19.8 Å². The number of fused-ring (bicyclic) bond motifs is 1. The molecule has 0 N–H and O–H groups in total. The van der Waals surface area contributed by atoms with Gasteiger partial charge in [0.05, 0.1) is 24.6 Å². The van der Waals surface area contributed by atoms with E-state index < -0.39 is 5.97 Å². The van der Waals surface area contributed by atoms with Crippen LogP contribution in [0.15, 0.2) is 103 Å². The Balaban J connectivity index is 1.11. The SMILES string of the molecule is CCCCCCOCCOc1ccc(C(=O)Oc2ccc3cc(-c4ncc(OCc5ccccc5)cn4)ccc3c2)cc1. The van der Waals surface area contributed by atoms with Gasteiger partial charge in [-0.15, -0.1) is 0 Å². The molecule has 7 heteroatoms. The molecule has 0 fully saturated rings. The Hall–Kier alpha value is -4.75. The van der Waals surface area contributed by atoms with E-state index in [1.165, 1.54) is 19.3 Å². The fraction of sp³-hybridized carbons (Fsp3) is 0.250. The van der Waals surface area contributed by atoms with Gasteiger partial charge in [-0.3, -0.25) is 0 Å². The highest BCUT2D eigenvalue weighted by atomic mass is 16.5. The van der Waals surface area contributed by atoms with Gasteiger partial charge in [0, 0.05) is 12.2 Å². The maximum atomic E-state index is 12.8. The minimum atomic E-state index is -0.430. The second-order valence-corrected chi connectivity index (χ2v) is 10.2. The number of esters is 1. The van der Waals surface area contributed by atoms with Crippen LogP contribution in [0.2, 0.25) is 0 Å². The standard InChI is InChI=1S/C36H36N2O5/c1-2-3-4-8-19-40-20-21-41-32-16-13-28(14-17-32)36(39)43-33-18-15-29-22-31(12-11-30(29)23-33)35-37-24-34(25-38-35)42-26-27-9-6-5-7-10-27/h5-7,9-18,22-25H,2-4,8,19-21,26H2,1H3. The lowest BCUT2D eigenvalue weighted by Gasteiger charge is -2.09. The minimum absolute atomic E-state index is 0.430. The summed E-state index contributed by atoms with van der Waals surface area (Å²) in [5, 5.41) is 1.92. The van der Waals surface area contributed by atoms with Gasteiger partial charge in [-0.2, -0.15) is 0 Å². The van der Waals surface area contributed by atoms with E-state index in [1.54, 1.807) is 42.7 Å². The van der Waals surface area contributed by atoms with Crippen molar-refractivity contribution in [1.29, 1.82) is 0 Å². The molecule has 0 saturated heterocycles. The summed E-state index contributed by atoms with van der Waals surface area (Å²) in [7, 11) is 0. The van der Waals surface area contributed by atoms with Crippen molar-refractivity contribution in [2.45, 2.75) is 39.2 Å². The summed E-state index contributed by atoms with van der Waals surface area (Å²) in [5.41, 5.74) is 2.41. The topological polar surface area (TPSA) is 79.8 Å². The van der Waals surface area contributed by atoms with Gasteiger partial charge in [0.2, 0.25) is 0 Å². The largest absolute Gasteiger partial charge is 0.491 e. The van der Waals surface area contributed by atoms with Crippen LogP contribution in [-0.2, 0) is 11.3 Å². The normalized spacial score (nSPS) is 10.9. The van der Waals surface area contributed by atoms with Crippen molar-refractivity contribution in [3.63, 3.8) is 0 Å². The van der Waals surface area contributed by atoms with Gasteiger partial charge in [-0.25, -0.2) is 14.8 Å². The van der Waals surface area contributed by atoms with Crippen molar-refractivity contribution in [1.82, 2.24) is 9.97 Å². The molecule has 4 aromatic carbocycles. The zero-order valence-electron chi connectivity index (χ0n) is 24.4. The number of benzene rings is 4. The van der Waals surface area contributed by atoms with Crippen molar-refractivity contribution < 1.29 is 23.7 Å². The van der Waals surface area contributed by atoms with Crippen molar-refractivity contribution in [2.24, 2.45) is 0 Å². The number of carbonyl (C=O) groups excluding carboxylic acids is 1. The van der Waals surface area contributed by atoms with Gasteiger partial charge in [0.1, 0.15) is 24.7 Å². The summed E-state index contributed by atoms with van der Waals surface area (Å²) in [4.78, 5) is 21.7. The molecule has 0 amide bonds. The number of hydrogen-bond donors (Lipinski definition) is 0. The second-order valence-electron chi connectivity index (χ2n) is 10.2. The van der Waals surface area contributed by atoms with Crippen LogP contribution in [0.1, 0.15) is 48.5 Å².